The Morgan fingerprint density at radius 2 is 2.23 bits per heavy atom. The third-order valence-corrected chi connectivity index (χ3v) is 7.21. The molecule has 8 heteroatoms. The molecule has 1 fully saturated rings. The maximum Gasteiger partial charge on any atom is 0.184 e. The van der Waals surface area contributed by atoms with Crippen LogP contribution in [0.3, 0.4) is 0 Å². The van der Waals surface area contributed by atoms with E-state index in [4.69, 9.17) is 4.98 Å². The minimum absolute atomic E-state index is 0.612. The molecule has 0 amide bonds. The average molecular weight is 382 g/mol. The van der Waals surface area contributed by atoms with E-state index in [-0.39, 0.29) is 0 Å². The van der Waals surface area contributed by atoms with Gasteiger partial charge < -0.3 is 9.88 Å². The predicted molar refractivity (Wildman–Crippen MR) is 108 cm³/mol. The first-order valence-corrected chi connectivity index (χ1v) is 11.0. The Morgan fingerprint density at radius 3 is 3.15 bits per heavy atom. The van der Waals surface area contributed by atoms with Crippen LogP contribution in [0.2, 0.25) is 0 Å². The van der Waals surface area contributed by atoms with Crippen molar-refractivity contribution in [3.8, 4) is 0 Å². The van der Waals surface area contributed by atoms with Crippen molar-refractivity contribution in [2.45, 2.75) is 31.6 Å². The summed E-state index contributed by atoms with van der Waals surface area (Å²) < 4.78 is 3.28. The molecule has 2 atom stereocenters. The lowest BCUT2D eigenvalue weighted by Gasteiger charge is -2.22. The van der Waals surface area contributed by atoms with Gasteiger partial charge in [0.25, 0.3) is 0 Å². The Morgan fingerprint density at radius 1 is 1.23 bits per heavy atom. The number of aromatic nitrogens is 5. The first-order valence-electron chi connectivity index (χ1n) is 8.85. The van der Waals surface area contributed by atoms with Crippen molar-refractivity contribution in [2.75, 3.05) is 11.5 Å². The summed E-state index contributed by atoms with van der Waals surface area (Å²) in [6.45, 7) is 0.744. The van der Waals surface area contributed by atoms with Crippen LogP contribution in [0.25, 0.3) is 21.4 Å². The van der Waals surface area contributed by atoms with Gasteiger partial charge in [-0.15, -0.1) is 0 Å². The van der Waals surface area contributed by atoms with Gasteiger partial charge in [0.2, 0.25) is 0 Å². The molecule has 1 saturated heterocycles. The van der Waals surface area contributed by atoms with Crippen LogP contribution in [0.15, 0.2) is 37.1 Å². The van der Waals surface area contributed by atoms with Gasteiger partial charge in [-0.25, -0.2) is 19.9 Å². The molecule has 4 aromatic rings. The van der Waals surface area contributed by atoms with Crippen molar-refractivity contribution in [1.82, 2.24) is 24.5 Å². The van der Waals surface area contributed by atoms with E-state index in [1.165, 1.54) is 35.7 Å². The Bertz CT molecular complexity index is 1050. The van der Waals surface area contributed by atoms with Crippen molar-refractivity contribution in [3.05, 3.63) is 42.6 Å². The van der Waals surface area contributed by atoms with Gasteiger partial charge in [0.15, 0.2) is 10.8 Å². The van der Waals surface area contributed by atoms with Crippen LogP contribution in [0.5, 0.6) is 0 Å². The molecule has 0 bridgehead atoms. The molecule has 6 nitrogen and oxygen atoms in total. The minimum atomic E-state index is 0.612. The predicted octanol–water partition coefficient (Wildman–Crippen LogP) is 4.08. The quantitative estimate of drug-likeness (QED) is 0.539. The summed E-state index contributed by atoms with van der Waals surface area (Å²) in [5, 5.41) is 4.70. The standard InChI is InChI=1S/C18H19N6PS/c1-2-6-25-16(3-1)23-18-22-13-5-4-12(7-15(13)26-18)9-24-11-21-14-8-19-10-20-17(14)24/h4-5,7-8,10-11,16,25H,1-3,6,9H2,(H,22,23)/t16-/m0/s1. The monoisotopic (exact) mass is 382 g/mol. The van der Waals surface area contributed by atoms with Gasteiger partial charge in [-0.05, 0) is 36.7 Å². The number of imidazole rings is 1. The number of rotatable bonds is 4. The zero-order valence-electron chi connectivity index (χ0n) is 14.2. The van der Waals surface area contributed by atoms with E-state index in [1.807, 2.05) is 6.33 Å². The van der Waals surface area contributed by atoms with Crippen molar-refractivity contribution in [2.24, 2.45) is 0 Å². The van der Waals surface area contributed by atoms with Crippen LogP contribution >= 0.6 is 19.9 Å². The van der Waals surface area contributed by atoms with Gasteiger partial charge in [0, 0.05) is 5.78 Å². The fraction of sp³-hybridized carbons (Fsp3) is 0.333. The van der Waals surface area contributed by atoms with Crippen LogP contribution < -0.4 is 5.32 Å². The van der Waals surface area contributed by atoms with Crippen LogP contribution in [0.4, 0.5) is 5.13 Å². The highest BCUT2D eigenvalue weighted by atomic mass is 32.1. The number of thiazole rings is 1. The lowest BCUT2D eigenvalue weighted by Crippen LogP contribution is -2.17. The zero-order valence-corrected chi connectivity index (χ0v) is 16.0. The van der Waals surface area contributed by atoms with E-state index in [0.29, 0.717) is 5.78 Å². The number of benzene rings is 1. The van der Waals surface area contributed by atoms with Gasteiger partial charge in [0.1, 0.15) is 11.8 Å². The van der Waals surface area contributed by atoms with Crippen LogP contribution in [0.1, 0.15) is 24.8 Å². The van der Waals surface area contributed by atoms with Crippen LogP contribution in [-0.2, 0) is 6.54 Å². The fourth-order valence-corrected chi connectivity index (χ4v) is 5.92. The van der Waals surface area contributed by atoms with E-state index in [1.54, 1.807) is 23.9 Å². The molecular formula is C18H19N6PS. The number of nitrogens with one attached hydrogen (secondary N) is 1. The van der Waals surface area contributed by atoms with Crippen LogP contribution in [-0.4, -0.2) is 36.4 Å². The molecule has 0 aliphatic carbocycles. The summed E-state index contributed by atoms with van der Waals surface area (Å²) in [5.41, 5.74) is 3.99. The van der Waals surface area contributed by atoms with E-state index < -0.39 is 0 Å². The Kier molecular flexibility index (Phi) is 4.27. The van der Waals surface area contributed by atoms with E-state index >= 15 is 0 Å². The summed E-state index contributed by atoms with van der Waals surface area (Å²) in [7, 11) is 1.01. The average Bonchev–Trinajstić information content (AvgIpc) is 3.26. The molecule has 5 rings (SSSR count). The number of hydrogen-bond acceptors (Lipinski definition) is 6. The van der Waals surface area contributed by atoms with Gasteiger partial charge >= 0.3 is 0 Å². The van der Waals surface area contributed by atoms with E-state index in [2.05, 4.69) is 43.0 Å². The highest BCUT2D eigenvalue weighted by Crippen LogP contribution is 2.34. The number of nitrogens with zero attached hydrogens (tertiary/aromatic N) is 5. The molecule has 26 heavy (non-hydrogen) atoms. The summed E-state index contributed by atoms with van der Waals surface area (Å²) >= 11 is 1.75. The summed E-state index contributed by atoms with van der Waals surface area (Å²) in [4.78, 5) is 17.5. The third kappa shape index (κ3) is 3.17. The third-order valence-electron chi connectivity index (χ3n) is 4.69. The SMILES string of the molecule is c1ncc2ncn(Cc3ccc4nc(N[C@@H]5CCCCP5)sc4c3)c2n1. The number of anilines is 1. The molecular weight excluding hydrogens is 363 g/mol. The lowest BCUT2D eigenvalue weighted by atomic mass is 10.2. The zero-order chi connectivity index (χ0) is 17.3. The highest BCUT2D eigenvalue weighted by molar-refractivity contribution is 7.39. The van der Waals surface area contributed by atoms with Crippen molar-refractivity contribution < 1.29 is 0 Å². The van der Waals surface area contributed by atoms with Crippen molar-refractivity contribution in [3.63, 3.8) is 0 Å². The second-order valence-corrected chi connectivity index (χ2v) is 9.21. The van der Waals surface area contributed by atoms with E-state index in [0.717, 1.165) is 36.9 Å². The molecule has 4 heterocycles. The first-order chi connectivity index (χ1) is 12.8. The molecule has 1 aromatic carbocycles. The van der Waals surface area contributed by atoms with Gasteiger partial charge in [-0.3, -0.25) is 0 Å². The second-order valence-electron chi connectivity index (χ2n) is 6.57. The minimum Gasteiger partial charge on any atom is -0.355 e. The molecule has 1 N–H and O–H groups in total. The summed E-state index contributed by atoms with van der Waals surface area (Å²) in [5.74, 6) is 0.612. The number of fused-ring (bicyclic) bond motifs is 2. The van der Waals surface area contributed by atoms with E-state index in [9.17, 15) is 0 Å². The fourth-order valence-electron chi connectivity index (χ4n) is 3.38. The van der Waals surface area contributed by atoms with Gasteiger partial charge in [-0.1, -0.05) is 32.4 Å². The second kappa shape index (κ2) is 6.89. The molecule has 0 saturated carbocycles. The number of hydrogen-bond donors (Lipinski definition) is 1. The smallest absolute Gasteiger partial charge is 0.184 e. The largest absolute Gasteiger partial charge is 0.355 e. The van der Waals surface area contributed by atoms with Gasteiger partial charge in [-0.2, -0.15) is 0 Å². The first kappa shape index (κ1) is 16.1. The lowest BCUT2D eigenvalue weighted by molar-refractivity contribution is 0.693. The highest BCUT2D eigenvalue weighted by Gasteiger charge is 2.15. The molecule has 3 aromatic heterocycles. The Balaban J connectivity index is 1.39. The maximum atomic E-state index is 4.77. The Labute approximate surface area is 156 Å². The molecule has 1 unspecified atom stereocenters. The van der Waals surface area contributed by atoms with Crippen LogP contribution in [0, 0.1) is 0 Å². The van der Waals surface area contributed by atoms with Gasteiger partial charge in [0.05, 0.1) is 29.3 Å². The normalized spacial score (nSPS) is 18.7. The summed E-state index contributed by atoms with van der Waals surface area (Å²) in [6, 6.07) is 6.49. The van der Waals surface area contributed by atoms with Crippen molar-refractivity contribution in [1.29, 1.82) is 0 Å². The molecule has 0 spiro atoms. The van der Waals surface area contributed by atoms with Crippen molar-refractivity contribution >= 4 is 46.4 Å². The molecule has 0 radical (unpaired) electrons. The Hall–Kier alpha value is -2.11. The summed E-state index contributed by atoms with van der Waals surface area (Å²) in [6.07, 6.45) is 10.5. The molecule has 132 valence electrons. The topological polar surface area (TPSA) is 68.5 Å². The molecule has 1 aliphatic heterocycles. The molecule has 1 aliphatic rings. The maximum absolute atomic E-state index is 4.77.